The second-order valence-corrected chi connectivity index (χ2v) is 7.94. The molecule has 0 radical (unpaired) electrons. The molecular formula is C20H16ClN5O2S. The van der Waals surface area contributed by atoms with Crippen molar-refractivity contribution in [1.82, 2.24) is 25.2 Å². The highest BCUT2D eigenvalue weighted by Gasteiger charge is 2.14. The Morgan fingerprint density at radius 3 is 2.52 bits per heavy atom. The van der Waals surface area contributed by atoms with E-state index in [4.69, 9.17) is 11.6 Å². The van der Waals surface area contributed by atoms with Crippen molar-refractivity contribution in [2.24, 2.45) is 0 Å². The van der Waals surface area contributed by atoms with Crippen LogP contribution in [0.15, 0.2) is 54.7 Å². The summed E-state index contributed by atoms with van der Waals surface area (Å²) in [4.78, 5) is 28.6. The molecule has 0 saturated heterocycles. The van der Waals surface area contributed by atoms with E-state index in [-0.39, 0.29) is 24.2 Å². The molecule has 2 amide bonds. The molecule has 9 heteroatoms. The number of benzene rings is 1. The maximum atomic E-state index is 12.3. The molecule has 1 aromatic carbocycles. The molecule has 0 saturated carbocycles. The summed E-state index contributed by atoms with van der Waals surface area (Å²) in [6, 6.07) is 15.4. The van der Waals surface area contributed by atoms with Crippen molar-refractivity contribution in [2.75, 3.05) is 6.67 Å². The van der Waals surface area contributed by atoms with Gasteiger partial charge in [0.15, 0.2) is 11.3 Å². The van der Waals surface area contributed by atoms with Gasteiger partial charge in [0.2, 0.25) is 5.91 Å². The van der Waals surface area contributed by atoms with Crippen LogP contribution in [-0.4, -0.2) is 33.1 Å². The Balaban J connectivity index is 1.61. The van der Waals surface area contributed by atoms with E-state index in [1.165, 1.54) is 18.3 Å². The van der Waals surface area contributed by atoms with E-state index in [0.29, 0.717) is 5.65 Å². The van der Waals surface area contributed by atoms with E-state index in [1.54, 1.807) is 16.8 Å². The molecule has 0 aliphatic carbocycles. The lowest BCUT2D eigenvalue weighted by Crippen LogP contribution is -2.36. The maximum absolute atomic E-state index is 12.3. The lowest BCUT2D eigenvalue weighted by Gasteiger charge is -2.06. The summed E-state index contributed by atoms with van der Waals surface area (Å²) in [5, 5.41) is 9.49. The largest absolute Gasteiger partial charge is 0.339 e. The third-order valence-electron chi connectivity index (χ3n) is 4.22. The fourth-order valence-electron chi connectivity index (χ4n) is 2.84. The van der Waals surface area contributed by atoms with Crippen molar-refractivity contribution in [1.29, 1.82) is 0 Å². The zero-order valence-corrected chi connectivity index (χ0v) is 16.9. The van der Waals surface area contributed by atoms with Crippen molar-refractivity contribution in [3.05, 3.63) is 64.8 Å². The number of carbonyl (C=O) groups is 2. The Kier molecular flexibility index (Phi) is 5.28. The minimum absolute atomic E-state index is 0.0382. The molecule has 4 rings (SSSR count). The second kappa shape index (κ2) is 8.02. The molecule has 2 N–H and O–H groups in total. The normalized spacial score (nSPS) is 10.8. The summed E-state index contributed by atoms with van der Waals surface area (Å²) in [6.45, 7) is 1.42. The van der Waals surface area contributed by atoms with Gasteiger partial charge in [0, 0.05) is 29.6 Å². The smallest absolute Gasteiger partial charge is 0.273 e. The van der Waals surface area contributed by atoms with Crippen LogP contribution in [0.1, 0.15) is 17.4 Å². The number of hydrogen-bond acceptors (Lipinski definition) is 5. The van der Waals surface area contributed by atoms with E-state index in [2.05, 4.69) is 20.7 Å². The number of rotatable bonds is 5. The molecular weight excluding hydrogens is 410 g/mol. The van der Waals surface area contributed by atoms with E-state index in [9.17, 15) is 9.59 Å². The van der Waals surface area contributed by atoms with Gasteiger partial charge in [-0.25, -0.2) is 9.50 Å². The fraction of sp³-hybridized carbons (Fsp3) is 0.100. The van der Waals surface area contributed by atoms with Crippen molar-refractivity contribution in [3.63, 3.8) is 0 Å². The summed E-state index contributed by atoms with van der Waals surface area (Å²) in [5.74, 6) is -0.613. The van der Waals surface area contributed by atoms with Crippen LogP contribution in [0.4, 0.5) is 0 Å². The van der Waals surface area contributed by atoms with E-state index >= 15 is 0 Å². The Morgan fingerprint density at radius 2 is 1.83 bits per heavy atom. The quantitative estimate of drug-likeness (QED) is 0.478. The molecule has 0 spiro atoms. The van der Waals surface area contributed by atoms with Gasteiger partial charge in [0.25, 0.3) is 5.91 Å². The standard InChI is InChI=1S/C20H16ClN5O2S/c1-12(27)23-11-24-20(28)15-10-19-22-9-8-16(26(19)25-15)13-2-4-14(5-3-13)17-6-7-18(21)29-17/h2-10H,11H2,1H3,(H,23,27)(H,24,28). The number of amides is 2. The first kappa shape index (κ1) is 19.1. The molecule has 0 fully saturated rings. The Labute approximate surface area is 175 Å². The molecule has 7 nitrogen and oxygen atoms in total. The van der Waals surface area contributed by atoms with Crippen LogP contribution in [0, 0.1) is 0 Å². The molecule has 4 aromatic rings. The number of fused-ring (bicyclic) bond motifs is 1. The first-order valence-electron chi connectivity index (χ1n) is 8.75. The molecule has 0 aliphatic rings. The molecule has 0 aliphatic heterocycles. The number of hydrogen-bond donors (Lipinski definition) is 2. The summed E-state index contributed by atoms with van der Waals surface area (Å²) < 4.78 is 2.38. The monoisotopic (exact) mass is 425 g/mol. The average molecular weight is 426 g/mol. The van der Waals surface area contributed by atoms with Crippen LogP contribution < -0.4 is 10.6 Å². The first-order chi connectivity index (χ1) is 14.0. The highest BCUT2D eigenvalue weighted by atomic mass is 35.5. The maximum Gasteiger partial charge on any atom is 0.273 e. The number of nitrogens with zero attached hydrogens (tertiary/aromatic N) is 3. The van der Waals surface area contributed by atoms with Gasteiger partial charge in [-0.15, -0.1) is 11.3 Å². The zero-order valence-electron chi connectivity index (χ0n) is 15.3. The predicted molar refractivity (Wildman–Crippen MR) is 113 cm³/mol. The van der Waals surface area contributed by atoms with Crippen molar-refractivity contribution >= 4 is 40.4 Å². The molecule has 29 heavy (non-hydrogen) atoms. The van der Waals surface area contributed by atoms with Gasteiger partial charge in [-0.1, -0.05) is 35.9 Å². The minimum atomic E-state index is -0.389. The van der Waals surface area contributed by atoms with Gasteiger partial charge < -0.3 is 10.6 Å². The van der Waals surface area contributed by atoms with Gasteiger partial charge in [0.1, 0.15) is 0 Å². The summed E-state index contributed by atoms with van der Waals surface area (Å²) >= 11 is 7.55. The Morgan fingerprint density at radius 1 is 1.07 bits per heavy atom. The van der Waals surface area contributed by atoms with Crippen molar-refractivity contribution in [3.8, 4) is 21.7 Å². The third-order valence-corrected chi connectivity index (χ3v) is 5.50. The fourth-order valence-corrected chi connectivity index (χ4v) is 3.89. The van der Waals surface area contributed by atoms with Gasteiger partial charge in [-0.05, 0) is 23.8 Å². The highest BCUT2D eigenvalue weighted by Crippen LogP contribution is 2.32. The third kappa shape index (κ3) is 4.13. The predicted octanol–water partition coefficient (Wildman–Crippen LogP) is 3.60. The number of aromatic nitrogens is 3. The molecule has 3 heterocycles. The lowest BCUT2D eigenvalue weighted by atomic mass is 10.1. The number of halogens is 1. The Hall–Kier alpha value is -3.23. The van der Waals surface area contributed by atoms with Crippen LogP contribution in [-0.2, 0) is 4.79 Å². The minimum Gasteiger partial charge on any atom is -0.339 e. The first-order valence-corrected chi connectivity index (χ1v) is 9.94. The van der Waals surface area contributed by atoms with Crippen LogP contribution in [0.5, 0.6) is 0 Å². The van der Waals surface area contributed by atoms with Crippen molar-refractivity contribution < 1.29 is 9.59 Å². The summed E-state index contributed by atoms with van der Waals surface area (Å²) in [6.07, 6.45) is 1.68. The van der Waals surface area contributed by atoms with Gasteiger partial charge >= 0.3 is 0 Å². The highest BCUT2D eigenvalue weighted by molar-refractivity contribution is 7.19. The molecule has 3 aromatic heterocycles. The lowest BCUT2D eigenvalue weighted by molar-refractivity contribution is -0.118. The number of carbonyl (C=O) groups excluding carboxylic acids is 2. The number of nitrogens with one attached hydrogen (secondary N) is 2. The van der Waals surface area contributed by atoms with Gasteiger partial charge in [-0.2, -0.15) is 5.10 Å². The summed E-state index contributed by atoms with van der Waals surface area (Å²) in [5.41, 5.74) is 3.61. The van der Waals surface area contributed by atoms with E-state index in [0.717, 1.165) is 26.0 Å². The average Bonchev–Trinajstić information content (AvgIpc) is 3.34. The molecule has 146 valence electrons. The van der Waals surface area contributed by atoms with Gasteiger partial charge in [-0.3, -0.25) is 9.59 Å². The van der Waals surface area contributed by atoms with Crippen LogP contribution >= 0.6 is 22.9 Å². The molecule has 0 bridgehead atoms. The van der Waals surface area contributed by atoms with Crippen molar-refractivity contribution in [2.45, 2.75) is 6.92 Å². The molecule has 0 unspecified atom stereocenters. The topological polar surface area (TPSA) is 88.4 Å². The van der Waals surface area contributed by atoms with E-state index in [1.807, 2.05) is 42.5 Å². The van der Waals surface area contributed by atoms with E-state index < -0.39 is 0 Å². The van der Waals surface area contributed by atoms with Crippen LogP contribution in [0.2, 0.25) is 4.34 Å². The number of thiophene rings is 1. The van der Waals surface area contributed by atoms with Crippen LogP contribution in [0.25, 0.3) is 27.3 Å². The molecule has 0 atom stereocenters. The Bertz CT molecular complexity index is 1200. The SMILES string of the molecule is CC(=O)NCNC(=O)c1cc2nccc(-c3ccc(-c4ccc(Cl)s4)cc3)n2n1. The van der Waals surface area contributed by atoms with Crippen LogP contribution in [0.3, 0.4) is 0 Å². The zero-order chi connectivity index (χ0) is 20.4. The van der Waals surface area contributed by atoms with Gasteiger partial charge in [0.05, 0.1) is 16.7 Å². The second-order valence-electron chi connectivity index (χ2n) is 6.23. The summed E-state index contributed by atoms with van der Waals surface area (Å²) in [7, 11) is 0.